The van der Waals surface area contributed by atoms with Gasteiger partial charge in [-0.2, -0.15) is 4.98 Å². The Bertz CT molecular complexity index is 722. The van der Waals surface area contributed by atoms with Crippen molar-refractivity contribution in [2.75, 3.05) is 5.32 Å². The van der Waals surface area contributed by atoms with E-state index in [-0.39, 0.29) is 0 Å². The van der Waals surface area contributed by atoms with E-state index in [4.69, 9.17) is 4.52 Å². The molecule has 0 spiro atoms. The zero-order chi connectivity index (χ0) is 15.2. The van der Waals surface area contributed by atoms with Gasteiger partial charge in [0.1, 0.15) is 0 Å². The number of anilines is 1. The van der Waals surface area contributed by atoms with Crippen LogP contribution >= 0.6 is 0 Å². The van der Waals surface area contributed by atoms with Gasteiger partial charge in [-0.05, 0) is 23.6 Å². The lowest BCUT2D eigenvalue weighted by Gasteiger charge is -2.10. The molecule has 4 nitrogen and oxygen atoms in total. The molecule has 3 rings (SSSR count). The summed E-state index contributed by atoms with van der Waals surface area (Å²) in [7, 11) is 0. The molecule has 0 atom stereocenters. The monoisotopic (exact) mass is 293 g/mol. The van der Waals surface area contributed by atoms with Crippen LogP contribution in [0.2, 0.25) is 0 Å². The predicted octanol–water partition coefficient (Wildman–Crippen LogP) is 3.83. The normalized spacial score (nSPS) is 10.6. The second-order valence-corrected chi connectivity index (χ2v) is 5.13. The van der Waals surface area contributed by atoms with Gasteiger partial charge in [0.2, 0.25) is 5.89 Å². The number of nitrogens with zero attached hydrogens (tertiary/aromatic N) is 2. The lowest BCUT2D eigenvalue weighted by atomic mass is 10.0. The number of rotatable bonds is 6. The van der Waals surface area contributed by atoms with Gasteiger partial charge in [-0.3, -0.25) is 0 Å². The van der Waals surface area contributed by atoms with Gasteiger partial charge in [-0.15, -0.1) is 0 Å². The lowest BCUT2D eigenvalue weighted by Crippen LogP contribution is -2.03. The van der Waals surface area contributed by atoms with Crippen molar-refractivity contribution >= 4 is 5.69 Å². The molecule has 4 heteroatoms. The Morgan fingerprint density at radius 1 is 1.00 bits per heavy atom. The minimum atomic E-state index is 0.540. The molecule has 0 aliphatic carbocycles. The van der Waals surface area contributed by atoms with Crippen molar-refractivity contribution in [3.63, 3.8) is 0 Å². The van der Waals surface area contributed by atoms with Crippen LogP contribution < -0.4 is 5.32 Å². The minimum absolute atomic E-state index is 0.540. The maximum Gasteiger partial charge on any atom is 0.245 e. The molecule has 3 aromatic rings. The highest BCUT2D eigenvalue weighted by Gasteiger charge is 2.07. The summed E-state index contributed by atoms with van der Waals surface area (Å²) >= 11 is 0. The van der Waals surface area contributed by atoms with E-state index in [0.717, 1.165) is 24.4 Å². The van der Waals surface area contributed by atoms with Crippen LogP contribution in [0.5, 0.6) is 0 Å². The van der Waals surface area contributed by atoms with Gasteiger partial charge in [0.05, 0.1) is 6.54 Å². The molecule has 0 unspecified atom stereocenters. The van der Waals surface area contributed by atoms with Crippen LogP contribution in [-0.2, 0) is 19.4 Å². The van der Waals surface area contributed by atoms with Gasteiger partial charge in [-0.1, -0.05) is 60.6 Å². The van der Waals surface area contributed by atoms with E-state index in [9.17, 15) is 0 Å². The number of hydrogen-bond donors (Lipinski definition) is 1. The zero-order valence-corrected chi connectivity index (χ0v) is 12.6. The Labute approximate surface area is 130 Å². The van der Waals surface area contributed by atoms with Gasteiger partial charge in [0.15, 0.2) is 5.82 Å². The van der Waals surface area contributed by atoms with Crippen molar-refractivity contribution in [2.24, 2.45) is 0 Å². The van der Waals surface area contributed by atoms with Gasteiger partial charge in [-0.25, -0.2) is 0 Å². The molecule has 0 amide bonds. The fourth-order valence-corrected chi connectivity index (χ4v) is 2.34. The molecule has 22 heavy (non-hydrogen) atoms. The predicted molar refractivity (Wildman–Crippen MR) is 86.7 cm³/mol. The maximum absolute atomic E-state index is 5.21. The standard InChI is InChI=1S/C18H19N3O/c1-2-17-20-18(22-21-17)13-19-16-11-7-6-10-15(16)12-14-8-4-3-5-9-14/h3-11,19H,2,12-13H2,1H3. The first-order chi connectivity index (χ1) is 10.8. The van der Waals surface area contributed by atoms with Crippen LogP contribution in [0.25, 0.3) is 0 Å². The second kappa shape index (κ2) is 6.89. The first kappa shape index (κ1) is 14.3. The average Bonchev–Trinajstić information content (AvgIpc) is 3.03. The molecule has 0 fully saturated rings. The molecule has 1 aromatic heterocycles. The number of nitrogens with one attached hydrogen (secondary N) is 1. The van der Waals surface area contributed by atoms with Crippen LogP contribution in [0.15, 0.2) is 59.1 Å². The van der Waals surface area contributed by atoms with E-state index in [1.54, 1.807) is 0 Å². The van der Waals surface area contributed by atoms with Crippen molar-refractivity contribution in [3.05, 3.63) is 77.4 Å². The van der Waals surface area contributed by atoms with Gasteiger partial charge in [0.25, 0.3) is 0 Å². The molecule has 112 valence electrons. The molecule has 0 saturated heterocycles. The van der Waals surface area contributed by atoms with Gasteiger partial charge in [0, 0.05) is 12.1 Å². The minimum Gasteiger partial charge on any atom is -0.376 e. The third-order valence-corrected chi connectivity index (χ3v) is 3.51. The van der Waals surface area contributed by atoms with Crippen LogP contribution in [0.3, 0.4) is 0 Å². The molecule has 0 bridgehead atoms. The average molecular weight is 293 g/mol. The molecule has 0 saturated carbocycles. The number of aryl methyl sites for hydroxylation is 1. The highest BCUT2D eigenvalue weighted by atomic mass is 16.5. The quantitative estimate of drug-likeness (QED) is 0.750. The molecular formula is C18H19N3O. The zero-order valence-electron chi connectivity index (χ0n) is 12.6. The maximum atomic E-state index is 5.21. The van der Waals surface area contributed by atoms with Crippen LogP contribution in [-0.4, -0.2) is 10.1 Å². The SMILES string of the molecule is CCc1noc(CNc2ccccc2Cc2ccccc2)n1. The van der Waals surface area contributed by atoms with Crippen LogP contribution in [0, 0.1) is 0 Å². The Kier molecular flexibility index (Phi) is 4.49. The highest BCUT2D eigenvalue weighted by molar-refractivity contribution is 5.52. The molecule has 1 heterocycles. The summed E-state index contributed by atoms with van der Waals surface area (Å²) in [6.45, 7) is 2.55. The second-order valence-electron chi connectivity index (χ2n) is 5.13. The Hall–Kier alpha value is -2.62. The number of hydrogen-bond acceptors (Lipinski definition) is 4. The van der Waals surface area contributed by atoms with Crippen molar-refractivity contribution in [3.8, 4) is 0 Å². The summed E-state index contributed by atoms with van der Waals surface area (Å²) in [5.74, 6) is 1.36. The number of aromatic nitrogens is 2. The van der Waals surface area contributed by atoms with Crippen LogP contribution in [0.1, 0.15) is 29.8 Å². The number of benzene rings is 2. The topological polar surface area (TPSA) is 51.0 Å². The summed E-state index contributed by atoms with van der Waals surface area (Å²) in [5.41, 5.74) is 3.65. The van der Waals surface area contributed by atoms with Crippen LogP contribution in [0.4, 0.5) is 5.69 Å². The van der Waals surface area contributed by atoms with E-state index in [1.165, 1.54) is 11.1 Å². The Morgan fingerprint density at radius 2 is 1.77 bits per heavy atom. The molecule has 0 aliphatic heterocycles. The highest BCUT2D eigenvalue weighted by Crippen LogP contribution is 2.19. The van der Waals surface area contributed by atoms with Crippen molar-refractivity contribution in [1.29, 1.82) is 0 Å². The van der Waals surface area contributed by atoms with Crippen molar-refractivity contribution < 1.29 is 4.52 Å². The smallest absolute Gasteiger partial charge is 0.245 e. The van der Waals surface area contributed by atoms with E-state index < -0.39 is 0 Å². The van der Waals surface area contributed by atoms with E-state index in [1.807, 2.05) is 19.1 Å². The largest absolute Gasteiger partial charge is 0.376 e. The van der Waals surface area contributed by atoms with E-state index in [2.05, 4.69) is 57.9 Å². The molecule has 0 radical (unpaired) electrons. The third-order valence-electron chi connectivity index (χ3n) is 3.51. The van der Waals surface area contributed by atoms with Crippen molar-refractivity contribution in [1.82, 2.24) is 10.1 Å². The fraction of sp³-hybridized carbons (Fsp3) is 0.222. The fourth-order valence-electron chi connectivity index (χ4n) is 2.34. The molecule has 1 N–H and O–H groups in total. The van der Waals surface area contributed by atoms with Gasteiger partial charge >= 0.3 is 0 Å². The first-order valence-electron chi connectivity index (χ1n) is 7.52. The summed E-state index contributed by atoms with van der Waals surface area (Å²) in [4.78, 5) is 4.32. The molecular weight excluding hydrogens is 274 g/mol. The molecule has 2 aromatic carbocycles. The van der Waals surface area contributed by atoms with Gasteiger partial charge < -0.3 is 9.84 Å². The summed E-state index contributed by atoms with van der Waals surface area (Å²) < 4.78 is 5.21. The number of para-hydroxylation sites is 1. The summed E-state index contributed by atoms with van der Waals surface area (Å²) in [5, 5.41) is 7.30. The summed E-state index contributed by atoms with van der Waals surface area (Å²) in [6, 6.07) is 18.8. The third kappa shape index (κ3) is 3.52. The van der Waals surface area contributed by atoms with E-state index >= 15 is 0 Å². The Balaban J connectivity index is 1.71. The Morgan fingerprint density at radius 3 is 2.55 bits per heavy atom. The lowest BCUT2D eigenvalue weighted by molar-refractivity contribution is 0.378. The first-order valence-corrected chi connectivity index (χ1v) is 7.52. The molecule has 0 aliphatic rings. The van der Waals surface area contributed by atoms with E-state index in [0.29, 0.717) is 12.4 Å². The summed E-state index contributed by atoms with van der Waals surface area (Å²) in [6.07, 6.45) is 1.68. The van der Waals surface area contributed by atoms with Crippen molar-refractivity contribution in [2.45, 2.75) is 26.3 Å².